The monoisotopic (exact) mass is 214 g/mol. The second-order valence-electron chi connectivity index (χ2n) is 5.09. The van der Waals surface area contributed by atoms with Crippen LogP contribution in [0, 0.1) is 0 Å². The van der Waals surface area contributed by atoms with Crippen molar-refractivity contribution in [1.29, 1.82) is 0 Å². The second-order valence-corrected chi connectivity index (χ2v) is 5.09. The number of ether oxygens (including phenoxy) is 1. The molecular weight excluding hydrogens is 188 g/mol. The molecule has 0 rings (SSSR count). The van der Waals surface area contributed by atoms with E-state index in [0.717, 1.165) is 19.1 Å². The Morgan fingerprint density at radius 1 is 1.20 bits per heavy atom. The average molecular weight is 214 g/mol. The van der Waals surface area contributed by atoms with Gasteiger partial charge >= 0.3 is 0 Å². The molecule has 15 heavy (non-hydrogen) atoms. The van der Waals surface area contributed by atoms with Crippen molar-refractivity contribution in [3.63, 3.8) is 0 Å². The summed E-state index contributed by atoms with van der Waals surface area (Å²) in [6, 6.07) is 0. The van der Waals surface area contributed by atoms with Crippen molar-refractivity contribution in [3.05, 3.63) is 0 Å². The first-order chi connectivity index (χ1) is 6.99. The Kier molecular flexibility index (Phi) is 7.67. The fourth-order valence-electron chi connectivity index (χ4n) is 1.64. The summed E-state index contributed by atoms with van der Waals surface area (Å²) in [6.45, 7) is 8.41. The number of aldehydes is 1. The summed E-state index contributed by atoms with van der Waals surface area (Å²) in [5.74, 6) is 0. The molecule has 0 aliphatic heterocycles. The van der Waals surface area contributed by atoms with Crippen molar-refractivity contribution in [1.82, 2.24) is 0 Å². The van der Waals surface area contributed by atoms with Crippen molar-refractivity contribution in [2.24, 2.45) is 0 Å². The zero-order chi connectivity index (χ0) is 11.7. The Balaban J connectivity index is 3.88. The minimum absolute atomic E-state index is 0.0975. The molecule has 0 heterocycles. The van der Waals surface area contributed by atoms with Gasteiger partial charge in [0.25, 0.3) is 0 Å². The van der Waals surface area contributed by atoms with E-state index in [1.165, 1.54) is 19.3 Å². The van der Waals surface area contributed by atoms with E-state index >= 15 is 0 Å². The third-order valence-electron chi connectivity index (χ3n) is 2.26. The van der Waals surface area contributed by atoms with Gasteiger partial charge in [-0.25, -0.2) is 0 Å². The molecule has 0 radical (unpaired) electrons. The molecule has 0 saturated carbocycles. The summed E-state index contributed by atoms with van der Waals surface area (Å²) in [5.41, 5.74) is -0.0975. The molecule has 2 nitrogen and oxygen atoms in total. The van der Waals surface area contributed by atoms with Gasteiger partial charge < -0.3 is 9.53 Å². The van der Waals surface area contributed by atoms with Gasteiger partial charge in [0.05, 0.1) is 11.7 Å². The number of unbranched alkanes of at least 4 members (excludes halogenated alkanes) is 2. The largest absolute Gasteiger partial charge is 0.373 e. The molecule has 0 aromatic carbocycles. The summed E-state index contributed by atoms with van der Waals surface area (Å²) < 4.78 is 5.93. The quantitative estimate of drug-likeness (QED) is 0.454. The van der Waals surface area contributed by atoms with Crippen LogP contribution in [0.15, 0.2) is 0 Å². The van der Waals surface area contributed by atoms with Crippen LogP contribution in [-0.4, -0.2) is 18.0 Å². The number of carbonyl (C=O) groups is 1. The molecule has 0 N–H and O–H groups in total. The fourth-order valence-corrected chi connectivity index (χ4v) is 1.64. The molecule has 1 unspecified atom stereocenters. The normalized spacial score (nSPS) is 13.9. The van der Waals surface area contributed by atoms with Crippen LogP contribution in [0.2, 0.25) is 0 Å². The highest BCUT2D eigenvalue weighted by Gasteiger charge is 2.17. The molecule has 0 aromatic heterocycles. The standard InChI is InChI=1S/C13H26O2/c1-5-6-7-9-12(10-8-11-14)15-13(2,3)4/h11-12H,5-10H2,1-4H3. The third-order valence-corrected chi connectivity index (χ3v) is 2.26. The lowest BCUT2D eigenvalue weighted by Crippen LogP contribution is -2.27. The van der Waals surface area contributed by atoms with Gasteiger partial charge in [-0.05, 0) is 33.6 Å². The molecule has 0 bridgehead atoms. The molecule has 0 aromatic rings. The van der Waals surface area contributed by atoms with Crippen LogP contribution in [-0.2, 0) is 9.53 Å². The topological polar surface area (TPSA) is 26.3 Å². The predicted molar refractivity (Wildman–Crippen MR) is 64.1 cm³/mol. The summed E-state index contributed by atoms with van der Waals surface area (Å²) in [4.78, 5) is 10.3. The Labute approximate surface area is 94.4 Å². The third kappa shape index (κ3) is 9.92. The smallest absolute Gasteiger partial charge is 0.120 e. The number of hydrogen-bond acceptors (Lipinski definition) is 2. The van der Waals surface area contributed by atoms with Crippen LogP contribution >= 0.6 is 0 Å². The molecule has 0 saturated heterocycles. The lowest BCUT2D eigenvalue weighted by Gasteiger charge is -2.27. The molecule has 1 atom stereocenters. The molecule has 0 aliphatic rings. The molecule has 0 aliphatic carbocycles. The van der Waals surface area contributed by atoms with Crippen molar-refractivity contribution < 1.29 is 9.53 Å². The van der Waals surface area contributed by atoms with E-state index in [-0.39, 0.29) is 11.7 Å². The molecule has 0 fully saturated rings. The van der Waals surface area contributed by atoms with E-state index in [4.69, 9.17) is 4.74 Å². The average Bonchev–Trinajstić information content (AvgIpc) is 2.12. The summed E-state index contributed by atoms with van der Waals surface area (Å²) in [6.07, 6.45) is 7.49. The van der Waals surface area contributed by atoms with Gasteiger partial charge in [0, 0.05) is 6.42 Å². The fraction of sp³-hybridized carbons (Fsp3) is 0.923. The number of hydrogen-bond donors (Lipinski definition) is 0. The van der Waals surface area contributed by atoms with E-state index in [9.17, 15) is 4.79 Å². The maximum atomic E-state index is 10.3. The van der Waals surface area contributed by atoms with Crippen molar-refractivity contribution in [2.75, 3.05) is 0 Å². The maximum Gasteiger partial charge on any atom is 0.120 e. The van der Waals surface area contributed by atoms with Gasteiger partial charge in [0.1, 0.15) is 6.29 Å². The summed E-state index contributed by atoms with van der Waals surface area (Å²) in [7, 11) is 0. The first-order valence-electron chi connectivity index (χ1n) is 6.11. The van der Waals surface area contributed by atoms with Crippen molar-refractivity contribution in [2.45, 2.75) is 77.9 Å². The molecule has 0 spiro atoms. The Morgan fingerprint density at radius 2 is 1.87 bits per heavy atom. The second kappa shape index (κ2) is 7.86. The van der Waals surface area contributed by atoms with Gasteiger partial charge in [0.15, 0.2) is 0 Å². The first-order valence-corrected chi connectivity index (χ1v) is 6.11. The molecular formula is C13H26O2. The predicted octanol–water partition coefficient (Wildman–Crippen LogP) is 3.73. The van der Waals surface area contributed by atoms with Gasteiger partial charge in [0.2, 0.25) is 0 Å². The van der Waals surface area contributed by atoms with Crippen LogP contribution in [0.3, 0.4) is 0 Å². The zero-order valence-corrected chi connectivity index (χ0v) is 10.7. The molecule has 90 valence electrons. The van der Waals surface area contributed by atoms with E-state index in [1.54, 1.807) is 0 Å². The van der Waals surface area contributed by atoms with Crippen LogP contribution in [0.25, 0.3) is 0 Å². The Hall–Kier alpha value is -0.370. The van der Waals surface area contributed by atoms with Gasteiger partial charge in [-0.3, -0.25) is 0 Å². The van der Waals surface area contributed by atoms with Crippen LogP contribution in [0.4, 0.5) is 0 Å². The van der Waals surface area contributed by atoms with Gasteiger partial charge in [-0.15, -0.1) is 0 Å². The summed E-state index contributed by atoms with van der Waals surface area (Å²) >= 11 is 0. The van der Waals surface area contributed by atoms with Crippen molar-refractivity contribution in [3.8, 4) is 0 Å². The maximum absolute atomic E-state index is 10.3. The van der Waals surface area contributed by atoms with E-state index in [1.807, 2.05) is 0 Å². The highest BCUT2D eigenvalue weighted by Crippen LogP contribution is 2.18. The number of rotatable bonds is 8. The highest BCUT2D eigenvalue weighted by molar-refractivity contribution is 5.49. The minimum Gasteiger partial charge on any atom is -0.373 e. The SMILES string of the molecule is CCCCCC(CCC=O)OC(C)(C)C. The zero-order valence-electron chi connectivity index (χ0n) is 10.7. The molecule has 2 heteroatoms. The van der Waals surface area contributed by atoms with Crippen molar-refractivity contribution >= 4 is 6.29 Å². The lowest BCUT2D eigenvalue weighted by atomic mass is 10.0. The minimum atomic E-state index is -0.0975. The Morgan fingerprint density at radius 3 is 2.33 bits per heavy atom. The number of carbonyl (C=O) groups excluding carboxylic acids is 1. The van der Waals surface area contributed by atoms with E-state index < -0.39 is 0 Å². The molecule has 0 amide bonds. The Bertz CT molecular complexity index is 158. The lowest BCUT2D eigenvalue weighted by molar-refractivity contribution is -0.110. The van der Waals surface area contributed by atoms with E-state index in [2.05, 4.69) is 27.7 Å². The summed E-state index contributed by atoms with van der Waals surface area (Å²) in [5, 5.41) is 0. The van der Waals surface area contributed by atoms with Gasteiger partial charge in [-0.2, -0.15) is 0 Å². The highest BCUT2D eigenvalue weighted by atomic mass is 16.5. The first kappa shape index (κ1) is 14.6. The van der Waals surface area contributed by atoms with Crippen LogP contribution in [0.5, 0.6) is 0 Å². The van der Waals surface area contributed by atoms with Crippen LogP contribution < -0.4 is 0 Å². The van der Waals surface area contributed by atoms with E-state index in [0.29, 0.717) is 6.42 Å². The van der Waals surface area contributed by atoms with Gasteiger partial charge in [-0.1, -0.05) is 26.2 Å². The van der Waals surface area contributed by atoms with Crippen LogP contribution in [0.1, 0.15) is 66.2 Å².